The van der Waals surface area contributed by atoms with Gasteiger partial charge in [-0.2, -0.15) is 0 Å². The SMILES string of the molecule is c1ccc(-c2nc(-c3ccccc3)nc(-c3cc(-c4cccc5cc(-c6nc7ccccc7c7ccncc67)ccc45)cc(-c4c5ccccc5cc5ccccc45)c3)n2)cc1. The van der Waals surface area contributed by atoms with Crippen LogP contribution in [0, 0.1) is 0 Å². The van der Waals surface area contributed by atoms with Crippen LogP contribution in [-0.4, -0.2) is 24.9 Å². The molecule has 0 spiro atoms. The highest BCUT2D eigenvalue weighted by Crippen LogP contribution is 2.42. The summed E-state index contributed by atoms with van der Waals surface area (Å²) in [4.78, 5) is 25.2. The number of fused-ring (bicyclic) bond motifs is 6. The summed E-state index contributed by atoms with van der Waals surface area (Å²) >= 11 is 0. The van der Waals surface area contributed by atoms with E-state index in [9.17, 15) is 0 Å². The standard InChI is InChI=1S/C57H35N5/c1-3-14-36(15-4-1)55-60-56(37-16-5-2-6-17-37)62-57(61-55)44-33-42(32-43(34-44)53-47-21-9-7-18-39(47)30-40-19-8-10-22-48(40)53)45-24-13-20-38-31-41(26-27-46(38)45)54-51-35-58-29-28-49(51)50-23-11-12-25-52(50)59-54/h1-35H. The van der Waals surface area contributed by atoms with Gasteiger partial charge in [0.05, 0.1) is 11.2 Å². The van der Waals surface area contributed by atoms with Gasteiger partial charge >= 0.3 is 0 Å². The fourth-order valence-electron chi connectivity index (χ4n) is 9.02. The van der Waals surface area contributed by atoms with Gasteiger partial charge in [-0.25, -0.2) is 19.9 Å². The summed E-state index contributed by atoms with van der Waals surface area (Å²) in [6.07, 6.45) is 3.79. The van der Waals surface area contributed by atoms with E-state index in [4.69, 9.17) is 19.9 Å². The first-order valence-electron chi connectivity index (χ1n) is 20.8. The van der Waals surface area contributed by atoms with Crippen molar-refractivity contribution in [3.63, 3.8) is 0 Å². The topological polar surface area (TPSA) is 64.5 Å². The molecule has 0 unspecified atom stereocenters. The fraction of sp³-hybridized carbons (Fsp3) is 0. The van der Waals surface area contributed by atoms with E-state index < -0.39 is 0 Å². The second-order valence-electron chi connectivity index (χ2n) is 15.7. The molecular formula is C57H35N5. The van der Waals surface area contributed by atoms with Crippen molar-refractivity contribution in [3.8, 4) is 67.7 Å². The molecule has 0 atom stereocenters. The lowest BCUT2D eigenvalue weighted by Gasteiger charge is -2.17. The number of para-hydroxylation sites is 1. The number of hydrogen-bond acceptors (Lipinski definition) is 5. The van der Waals surface area contributed by atoms with Gasteiger partial charge in [0, 0.05) is 45.4 Å². The van der Waals surface area contributed by atoms with Crippen LogP contribution >= 0.6 is 0 Å². The first kappa shape index (κ1) is 35.5. The molecule has 0 saturated heterocycles. The Bertz CT molecular complexity index is 3580. The van der Waals surface area contributed by atoms with Gasteiger partial charge in [0.25, 0.3) is 0 Å². The Kier molecular flexibility index (Phi) is 8.42. The summed E-state index contributed by atoms with van der Waals surface area (Å²) in [5.74, 6) is 1.86. The largest absolute Gasteiger partial charge is 0.264 e. The lowest BCUT2D eigenvalue weighted by molar-refractivity contribution is 1.07. The molecular weight excluding hydrogens is 755 g/mol. The third kappa shape index (κ3) is 6.14. The molecule has 12 aromatic rings. The van der Waals surface area contributed by atoms with Crippen molar-refractivity contribution in [3.05, 3.63) is 213 Å². The van der Waals surface area contributed by atoms with Crippen molar-refractivity contribution in [2.24, 2.45) is 0 Å². The van der Waals surface area contributed by atoms with Crippen LogP contribution in [0.1, 0.15) is 0 Å². The number of benzene rings is 9. The number of pyridine rings is 2. The predicted octanol–water partition coefficient (Wildman–Crippen LogP) is 14.4. The first-order chi connectivity index (χ1) is 30.7. The highest BCUT2D eigenvalue weighted by atomic mass is 15.0. The van der Waals surface area contributed by atoms with E-state index in [2.05, 4.69) is 163 Å². The van der Waals surface area contributed by atoms with Crippen LogP contribution in [0.3, 0.4) is 0 Å². The van der Waals surface area contributed by atoms with Gasteiger partial charge in [0.2, 0.25) is 0 Å². The van der Waals surface area contributed by atoms with Gasteiger partial charge in [-0.05, 0) is 102 Å². The quantitative estimate of drug-likeness (QED) is 0.124. The molecule has 3 aromatic heterocycles. The van der Waals surface area contributed by atoms with Gasteiger partial charge in [-0.3, -0.25) is 4.98 Å². The Balaban J connectivity index is 1.11. The third-order valence-corrected chi connectivity index (χ3v) is 11.9. The molecule has 62 heavy (non-hydrogen) atoms. The summed E-state index contributed by atoms with van der Waals surface area (Å²) in [5, 5.41) is 10.3. The van der Waals surface area contributed by atoms with Crippen LogP contribution in [0.25, 0.3) is 122 Å². The zero-order chi connectivity index (χ0) is 41.0. The molecule has 0 fully saturated rings. The van der Waals surface area contributed by atoms with E-state index in [-0.39, 0.29) is 0 Å². The van der Waals surface area contributed by atoms with E-state index in [1.807, 2.05) is 54.9 Å². The van der Waals surface area contributed by atoms with Gasteiger partial charge in [0.15, 0.2) is 17.5 Å². The van der Waals surface area contributed by atoms with Crippen molar-refractivity contribution < 1.29 is 0 Å². The van der Waals surface area contributed by atoms with Crippen molar-refractivity contribution in [2.75, 3.05) is 0 Å². The molecule has 0 amide bonds. The maximum atomic E-state index is 5.21. The Morgan fingerprint density at radius 3 is 1.56 bits per heavy atom. The molecule has 288 valence electrons. The Hall–Kier alpha value is -8.41. The molecule has 3 heterocycles. The minimum Gasteiger partial charge on any atom is -0.264 e. The van der Waals surface area contributed by atoms with Crippen LogP contribution in [0.15, 0.2) is 213 Å². The minimum absolute atomic E-state index is 0.607. The molecule has 0 N–H and O–H groups in total. The smallest absolute Gasteiger partial charge is 0.164 e. The average Bonchev–Trinajstić information content (AvgIpc) is 3.35. The van der Waals surface area contributed by atoms with Crippen molar-refractivity contribution in [2.45, 2.75) is 0 Å². The van der Waals surface area contributed by atoms with Crippen molar-refractivity contribution >= 4 is 54.0 Å². The van der Waals surface area contributed by atoms with Crippen LogP contribution < -0.4 is 0 Å². The Labute approximate surface area is 357 Å². The lowest BCUT2D eigenvalue weighted by Crippen LogP contribution is -2.00. The highest BCUT2D eigenvalue weighted by Gasteiger charge is 2.19. The molecule has 5 heteroatoms. The van der Waals surface area contributed by atoms with Gasteiger partial charge in [-0.1, -0.05) is 158 Å². The zero-order valence-electron chi connectivity index (χ0n) is 33.4. The van der Waals surface area contributed by atoms with Crippen LogP contribution in [0.2, 0.25) is 0 Å². The van der Waals surface area contributed by atoms with E-state index in [0.717, 1.165) is 77.1 Å². The van der Waals surface area contributed by atoms with Gasteiger partial charge in [0.1, 0.15) is 0 Å². The maximum absolute atomic E-state index is 5.21. The molecule has 0 saturated carbocycles. The van der Waals surface area contributed by atoms with Gasteiger partial charge in [-0.15, -0.1) is 0 Å². The molecule has 0 aliphatic carbocycles. The fourth-order valence-corrected chi connectivity index (χ4v) is 9.02. The number of nitrogens with zero attached hydrogens (tertiary/aromatic N) is 5. The summed E-state index contributed by atoms with van der Waals surface area (Å²) in [5.41, 5.74) is 10.1. The molecule has 0 aliphatic heterocycles. The normalized spacial score (nSPS) is 11.5. The predicted molar refractivity (Wildman–Crippen MR) is 256 cm³/mol. The van der Waals surface area contributed by atoms with Crippen molar-refractivity contribution in [1.82, 2.24) is 24.9 Å². The molecule has 9 aromatic carbocycles. The van der Waals surface area contributed by atoms with Crippen LogP contribution in [0.4, 0.5) is 0 Å². The number of aromatic nitrogens is 5. The first-order valence-corrected chi connectivity index (χ1v) is 20.8. The Morgan fingerprint density at radius 2 is 0.855 bits per heavy atom. The summed E-state index contributed by atoms with van der Waals surface area (Å²) in [6, 6.07) is 70.4. The number of hydrogen-bond donors (Lipinski definition) is 0. The molecule has 12 rings (SSSR count). The van der Waals surface area contributed by atoms with E-state index in [1.54, 1.807) is 0 Å². The second kappa shape index (κ2) is 14.7. The van der Waals surface area contributed by atoms with E-state index >= 15 is 0 Å². The molecule has 0 aliphatic rings. The van der Waals surface area contributed by atoms with E-state index in [0.29, 0.717) is 17.5 Å². The van der Waals surface area contributed by atoms with Gasteiger partial charge < -0.3 is 0 Å². The summed E-state index contributed by atoms with van der Waals surface area (Å²) in [6.45, 7) is 0. The summed E-state index contributed by atoms with van der Waals surface area (Å²) < 4.78 is 0. The van der Waals surface area contributed by atoms with Crippen molar-refractivity contribution in [1.29, 1.82) is 0 Å². The molecule has 5 nitrogen and oxygen atoms in total. The lowest BCUT2D eigenvalue weighted by atomic mass is 9.88. The second-order valence-corrected chi connectivity index (χ2v) is 15.7. The Morgan fingerprint density at radius 1 is 0.290 bits per heavy atom. The number of rotatable bonds is 6. The minimum atomic E-state index is 0.607. The zero-order valence-corrected chi connectivity index (χ0v) is 33.4. The molecule has 0 bridgehead atoms. The summed E-state index contributed by atoms with van der Waals surface area (Å²) in [7, 11) is 0. The van der Waals surface area contributed by atoms with Crippen LogP contribution in [-0.2, 0) is 0 Å². The highest BCUT2D eigenvalue weighted by molar-refractivity contribution is 6.14. The third-order valence-electron chi connectivity index (χ3n) is 11.9. The monoisotopic (exact) mass is 789 g/mol. The van der Waals surface area contributed by atoms with Crippen LogP contribution in [0.5, 0.6) is 0 Å². The average molecular weight is 790 g/mol. The van der Waals surface area contributed by atoms with E-state index in [1.165, 1.54) is 27.1 Å². The molecule has 0 radical (unpaired) electrons. The maximum Gasteiger partial charge on any atom is 0.164 e.